The minimum Gasteiger partial charge on any atom is -0.382 e. The van der Waals surface area contributed by atoms with Gasteiger partial charge in [0.1, 0.15) is 0 Å². The summed E-state index contributed by atoms with van der Waals surface area (Å²) in [6, 6.07) is 8.85. The van der Waals surface area contributed by atoms with Crippen LogP contribution in [0.4, 0.5) is 5.69 Å². The number of hydrogen-bond acceptors (Lipinski definition) is 3. The van der Waals surface area contributed by atoms with Gasteiger partial charge in [-0.1, -0.05) is 15.9 Å². The van der Waals surface area contributed by atoms with Crippen LogP contribution in [0.1, 0.15) is 13.8 Å². The second-order valence-electron chi connectivity index (χ2n) is 4.97. The highest BCUT2D eigenvalue weighted by Gasteiger charge is 2.21. The van der Waals surface area contributed by atoms with Crippen LogP contribution >= 0.6 is 15.9 Å². The van der Waals surface area contributed by atoms with E-state index in [0.717, 1.165) is 36.4 Å². The lowest BCUT2D eigenvalue weighted by atomic mass is 10.2. The summed E-state index contributed by atoms with van der Waals surface area (Å²) in [5, 5.41) is 3.43. The van der Waals surface area contributed by atoms with Crippen molar-refractivity contribution >= 4 is 21.6 Å². The first-order chi connectivity index (χ1) is 8.65. The van der Waals surface area contributed by atoms with Gasteiger partial charge in [-0.3, -0.25) is 4.90 Å². The molecule has 3 nitrogen and oxygen atoms in total. The van der Waals surface area contributed by atoms with E-state index in [1.54, 1.807) is 0 Å². The van der Waals surface area contributed by atoms with Crippen LogP contribution in [-0.4, -0.2) is 43.3 Å². The van der Waals surface area contributed by atoms with Gasteiger partial charge in [0, 0.05) is 35.8 Å². The van der Waals surface area contributed by atoms with Gasteiger partial charge < -0.3 is 10.1 Å². The Morgan fingerprint density at radius 2 is 2.11 bits per heavy atom. The molecule has 1 fully saturated rings. The van der Waals surface area contributed by atoms with Gasteiger partial charge in [-0.25, -0.2) is 0 Å². The zero-order valence-corrected chi connectivity index (χ0v) is 12.6. The summed E-state index contributed by atoms with van der Waals surface area (Å²) < 4.78 is 6.89. The third-order valence-corrected chi connectivity index (χ3v) is 3.81. The quantitative estimate of drug-likeness (QED) is 0.925. The minimum atomic E-state index is 0.282. The van der Waals surface area contributed by atoms with E-state index < -0.39 is 0 Å². The molecule has 1 aromatic rings. The first kappa shape index (κ1) is 13.8. The van der Waals surface area contributed by atoms with Gasteiger partial charge in [0.05, 0.1) is 12.7 Å². The number of rotatable bonds is 4. The van der Waals surface area contributed by atoms with E-state index in [2.05, 4.69) is 52.1 Å². The van der Waals surface area contributed by atoms with Crippen LogP contribution in [0.25, 0.3) is 0 Å². The van der Waals surface area contributed by atoms with Gasteiger partial charge in [0.25, 0.3) is 0 Å². The topological polar surface area (TPSA) is 24.5 Å². The van der Waals surface area contributed by atoms with Crippen molar-refractivity contribution in [1.29, 1.82) is 0 Å². The van der Waals surface area contributed by atoms with E-state index in [1.807, 2.05) is 12.1 Å². The third kappa shape index (κ3) is 3.97. The molecule has 0 saturated carbocycles. The van der Waals surface area contributed by atoms with E-state index in [-0.39, 0.29) is 6.10 Å². The first-order valence-electron chi connectivity index (χ1n) is 6.50. The van der Waals surface area contributed by atoms with Crippen LogP contribution in [0, 0.1) is 0 Å². The van der Waals surface area contributed by atoms with Crippen LogP contribution in [0.2, 0.25) is 0 Å². The van der Waals surface area contributed by atoms with Crippen molar-refractivity contribution in [3.05, 3.63) is 28.7 Å². The molecule has 18 heavy (non-hydrogen) atoms. The molecule has 0 aliphatic carbocycles. The Labute approximate surface area is 118 Å². The van der Waals surface area contributed by atoms with Crippen LogP contribution in [0.15, 0.2) is 28.7 Å². The molecule has 0 bridgehead atoms. The van der Waals surface area contributed by atoms with Crippen LogP contribution in [0.3, 0.4) is 0 Å². The number of hydrogen-bond donors (Lipinski definition) is 1. The number of ether oxygens (including phenoxy) is 1. The van der Waals surface area contributed by atoms with Gasteiger partial charge in [0.15, 0.2) is 0 Å². The predicted molar refractivity (Wildman–Crippen MR) is 79.1 cm³/mol. The van der Waals surface area contributed by atoms with E-state index >= 15 is 0 Å². The van der Waals surface area contributed by atoms with Crippen molar-refractivity contribution in [2.24, 2.45) is 0 Å². The van der Waals surface area contributed by atoms with Crippen molar-refractivity contribution in [3.8, 4) is 0 Å². The van der Waals surface area contributed by atoms with Crippen molar-refractivity contribution in [1.82, 2.24) is 4.90 Å². The largest absolute Gasteiger partial charge is 0.382 e. The Balaban J connectivity index is 1.81. The lowest BCUT2D eigenvalue weighted by molar-refractivity contribution is -0.0315. The molecule has 2 rings (SSSR count). The van der Waals surface area contributed by atoms with Gasteiger partial charge in [0.2, 0.25) is 0 Å². The van der Waals surface area contributed by atoms with Crippen LogP contribution in [-0.2, 0) is 4.74 Å². The molecule has 0 spiro atoms. The molecular weight excluding hydrogens is 292 g/mol. The maximum atomic E-state index is 5.79. The number of nitrogens with zero attached hydrogens (tertiary/aromatic N) is 1. The number of nitrogens with one attached hydrogen (secondary N) is 1. The fourth-order valence-electron chi connectivity index (χ4n) is 2.13. The second kappa shape index (κ2) is 6.55. The third-order valence-electron chi connectivity index (χ3n) is 3.28. The molecular formula is C14H21BrN2O. The van der Waals surface area contributed by atoms with Crippen molar-refractivity contribution in [2.45, 2.75) is 26.0 Å². The second-order valence-corrected chi connectivity index (χ2v) is 5.88. The molecule has 1 aromatic carbocycles. The molecule has 1 atom stereocenters. The Kier molecular flexibility index (Phi) is 5.03. The molecule has 1 unspecified atom stereocenters. The molecule has 1 N–H and O–H groups in total. The lowest BCUT2D eigenvalue weighted by Crippen LogP contribution is -2.48. The molecule has 1 saturated heterocycles. The van der Waals surface area contributed by atoms with Crippen molar-refractivity contribution < 1.29 is 4.74 Å². The van der Waals surface area contributed by atoms with Crippen molar-refractivity contribution in [3.63, 3.8) is 0 Å². The Hall–Kier alpha value is -0.580. The Morgan fingerprint density at radius 3 is 2.78 bits per heavy atom. The van der Waals surface area contributed by atoms with E-state index in [4.69, 9.17) is 4.74 Å². The summed E-state index contributed by atoms with van der Waals surface area (Å²) in [7, 11) is 0. The number of halogens is 1. The van der Waals surface area contributed by atoms with Gasteiger partial charge in [-0.15, -0.1) is 0 Å². The van der Waals surface area contributed by atoms with E-state index in [1.165, 1.54) is 0 Å². The molecule has 1 aliphatic rings. The number of anilines is 1. The summed E-state index contributed by atoms with van der Waals surface area (Å²) in [6.07, 6.45) is 0.282. The van der Waals surface area contributed by atoms with Crippen LogP contribution < -0.4 is 5.32 Å². The van der Waals surface area contributed by atoms with Crippen molar-refractivity contribution in [2.75, 3.05) is 31.6 Å². The van der Waals surface area contributed by atoms with Gasteiger partial charge >= 0.3 is 0 Å². The summed E-state index contributed by atoms with van der Waals surface area (Å²) in [6.45, 7) is 8.25. The molecule has 0 aromatic heterocycles. The van der Waals surface area contributed by atoms with Crippen LogP contribution in [0.5, 0.6) is 0 Å². The zero-order chi connectivity index (χ0) is 13.0. The standard InChI is InChI=1S/C14H21BrN2O/c1-11(2)17-7-8-18-14(10-17)9-16-13-5-3-12(15)4-6-13/h3-6,11,14,16H,7-10H2,1-2H3. The summed E-state index contributed by atoms with van der Waals surface area (Å²) in [5.74, 6) is 0. The number of morpholine rings is 1. The molecule has 1 aliphatic heterocycles. The molecule has 1 heterocycles. The lowest BCUT2D eigenvalue weighted by Gasteiger charge is -2.35. The van der Waals surface area contributed by atoms with Gasteiger partial charge in [-0.05, 0) is 38.1 Å². The predicted octanol–water partition coefficient (Wildman–Crippen LogP) is 2.97. The Bertz CT molecular complexity index is 367. The number of benzene rings is 1. The Morgan fingerprint density at radius 1 is 1.39 bits per heavy atom. The fourth-order valence-corrected chi connectivity index (χ4v) is 2.40. The first-order valence-corrected chi connectivity index (χ1v) is 7.29. The van der Waals surface area contributed by atoms with Gasteiger partial charge in [-0.2, -0.15) is 0 Å². The maximum Gasteiger partial charge on any atom is 0.0874 e. The average molecular weight is 313 g/mol. The highest BCUT2D eigenvalue weighted by Crippen LogP contribution is 2.15. The fraction of sp³-hybridized carbons (Fsp3) is 0.571. The highest BCUT2D eigenvalue weighted by molar-refractivity contribution is 9.10. The smallest absolute Gasteiger partial charge is 0.0874 e. The summed E-state index contributed by atoms with van der Waals surface area (Å²) in [4.78, 5) is 2.47. The molecule has 0 amide bonds. The SMILES string of the molecule is CC(C)N1CCOC(CNc2ccc(Br)cc2)C1. The zero-order valence-electron chi connectivity index (χ0n) is 11.0. The monoisotopic (exact) mass is 312 g/mol. The minimum absolute atomic E-state index is 0.282. The summed E-state index contributed by atoms with van der Waals surface area (Å²) in [5.41, 5.74) is 1.14. The summed E-state index contributed by atoms with van der Waals surface area (Å²) >= 11 is 3.44. The molecule has 0 radical (unpaired) electrons. The maximum absolute atomic E-state index is 5.79. The van der Waals surface area contributed by atoms with E-state index in [0.29, 0.717) is 6.04 Å². The highest BCUT2D eigenvalue weighted by atomic mass is 79.9. The molecule has 100 valence electrons. The average Bonchev–Trinajstić information content (AvgIpc) is 2.38. The van der Waals surface area contributed by atoms with E-state index in [9.17, 15) is 0 Å². The molecule has 4 heteroatoms. The normalized spacial score (nSPS) is 21.2.